The zero-order chi connectivity index (χ0) is 24.9. The van der Waals surface area contributed by atoms with Crippen molar-refractivity contribution in [1.82, 2.24) is 0 Å². The van der Waals surface area contributed by atoms with Gasteiger partial charge in [0.1, 0.15) is 6.17 Å². The molecule has 0 saturated carbocycles. The number of hydrazone groups is 1. The molecule has 7 heteroatoms. The molecule has 0 bridgehead atoms. The smallest absolute Gasteiger partial charge is 0.226 e. The van der Waals surface area contributed by atoms with E-state index in [-0.39, 0.29) is 17.6 Å². The molecule has 1 amide bonds. The molecule has 178 valence electrons. The van der Waals surface area contributed by atoms with Gasteiger partial charge in [0.05, 0.1) is 5.69 Å². The number of hydrogen-bond donors (Lipinski definition) is 1. The van der Waals surface area contributed by atoms with Crippen LogP contribution in [0.15, 0.2) is 90.0 Å². The topological polar surface area (TPSA) is 65.0 Å². The Bertz CT molecular complexity index is 1250. The van der Waals surface area contributed by atoms with Crippen molar-refractivity contribution in [2.24, 2.45) is 11.0 Å². The van der Waals surface area contributed by atoms with Crippen LogP contribution in [0.1, 0.15) is 26.3 Å². The summed E-state index contributed by atoms with van der Waals surface area (Å²) in [6, 6.07) is 24.7. The Labute approximate surface area is 210 Å². The maximum absolute atomic E-state index is 12.7. The minimum absolute atomic E-state index is 0.0532. The predicted octanol–water partition coefficient (Wildman–Crippen LogP) is 6.20. The summed E-state index contributed by atoms with van der Waals surface area (Å²) in [5.41, 5.74) is 3.31. The highest BCUT2D eigenvalue weighted by Crippen LogP contribution is 2.32. The number of rotatable bonds is 7. The van der Waals surface area contributed by atoms with Gasteiger partial charge < -0.3 is 5.32 Å². The molecule has 0 aliphatic carbocycles. The minimum Gasteiger partial charge on any atom is -0.326 e. The summed E-state index contributed by atoms with van der Waals surface area (Å²) in [7, 11) is 0. The van der Waals surface area contributed by atoms with E-state index in [1.54, 1.807) is 17.1 Å². The number of benzene rings is 3. The lowest BCUT2D eigenvalue weighted by Gasteiger charge is -2.29. The SMILES string of the molecule is CC(=O)C1=NN(c2ccc(Cl)cc2)C(/C=C/c2ccccc2)N1c1ccc(NC(=O)C(C)C)cc1. The van der Waals surface area contributed by atoms with Crippen LogP contribution in [-0.4, -0.2) is 23.7 Å². The number of halogens is 1. The Kier molecular flexibility index (Phi) is 7.32. The lowest BCUT2D eigenvalue weighted by atomic mass is 10.1. The Morgan fingerprint density at radius 1 is 0.943 bits per heavy atom. The maximum atomic E-state index is 12.7. The summed E-state index contributed by atoms with van der Waals surface area (Å²) >= 11 is 6.11. The number of amides is 1. The highest BCUT2D eigenvalue weighted by Gasteiger charge is 2.36. The Hall–Kier alpha value is -3.90. The number of amidine groups is 1. The zero-order valence-electron chi connectivity index (χ0n) is 19.9. The molecule has 1 N–H and O–H groups in total. The van der Waals surface area contributed by atoms with Crippen LogP contribution in [-0.2, 0) is 9.59 Å². The van der Waals surface area contributed by atoms with Crippen molar-refractivity contribution >= 4 is 52.3 Å². The van der Waals surface area contributed by atoms with Crippen LogP contribution in [0.25, 0.3) is 6.08 Å². The van der Waals surface area contributed by atoms with Crippen molar-refractivity contribution in [3.63, 3.8) is 0 Å². The summed E-state index contributed by atoms with van der Waals surface area (Å²) in [5, 5.41) is 10.0. The Balaban J connectivity index is 1.73. The van der Waals surface area contributed by atoms with Crippen LogP contribution in [0.3, 0.4) is 0 Å². The standard InChI is InChI=1S/C28H27ClN4O2/c1-19(2)28(35)30-23-12-16-24(17-13-23)32-26(18-9-21-7-5-4-6-8-21)33(31-27(32)20(3)34)25-14-10-22(29)11-15-25/h4-19,26H,1-3H3,(H,30,35)/b18-9+. The highest BCUT2D eigenvalue weighted by molar-refractivity contribution is 6.44. The molecule has 1 aliphatic heterocycles. The van der Waals surface area contributed by atoms with Gasteiger partial charge in [-0.15, -0.1) is 5.10 Å². The van der Waals surface area contributed by atoms with Crippen molar-refractivity contribution in [2.75, 3.05) is 15.2 Å². The number of anilines is 3. The normalized spacial score (nSPS) is 15.6. The maximum Gasteiger partial charge on any atom is 0.226 e. The fourth-order valence-corrected chi connectivity index (χ4v) is 3.81. The van der Waals surface area contributed by atoms with Crippen LogP contribution in [0.2, 0.25) is 5.02 Å². The molecular weight excluding hydrogens is 460 g/mol. The van der Waals surface area contributed by atoms with Crippen LogP contribution in [0.5, 0.6) is 0 Å². The van der Waals surface area contributed by atoms with E-state index in [9.17, 15) is 9.59 Å². The van der Waals surface area contributed by atoms with Gasteiger partial charge in [0.15, 0.2) is 11.6 Å². The fraction of sp³-hybridized carbons (Fsp3) is 0.179. The van der Waals surface area contributed by atoms with E-state index >= 15 is 0 Å². The van der Waals surface area contributed by atoms with Crippen molar-refractivity contribution in [2.45, 2.75) is 26.9 Å². The van der Waals surface area contributed by atoms with E-state index in [1.165, 1.54) is 6.92 Å². The molecule has 6 nitrogen and oxygen atoms in total. The van der Waals surface area contributed by atoms with Gasteiger partial charge in [-0.05, 0) is 60.2 Å². The van der Waals surface area contributed by atoms with E-state index in [1.807, 2.05) is 97.6 Å². The second kappa shape index (κ2) is 10.6. The second-order valence-electron chi connectivity index (χ2n) is 8.55. The number of nitrogens with zero attached hydrogens (tertiary/aromatic N) is 3. The number of carbonyl (C=O) groups is 2. The van der Waals surface area contributed by atoms with Gasteiger partial charge in [-0.2, -0.15) is 0 Å². The zero-order valence-corrected chi connectivity index (χ0v) is 20.6. The third-order valence-electron chi connectivity index (χ3n) is 5.55. The first-order valence-corrected chi connectivity index (χ1v) is 11.8. The number of ketones is 1. The molecule has 0 spiro atoms. The largest absolute Gasteiger partial charge is 0.326 e. The third kappa shape index (κ3) is 5.61. The summed E-state index contributed by atoms with van der Waals surface area (Å²) in [6.45, 7) is 5.20. The molecule has 3 aromatic carbocycles. The summed E-state index contributed by atoms with van der Waals surface area (Å²) in [4.78, 5) is 26.6. The van der Waals surface area contributed by atoms with Crippen molar-refractivity contribution in [3.05, 3.63) is 95.5 Å². The first-order valence-electron chi connectivity index (χ1n) is 11.4. The van der Waals surface area contributed by atoms with Gasteiger partial charge >= 0.3 is 0 Å². The molecule has 1 atom stereocenters. The predicted molar refractivity (Wildman–Crippen MR) is 144 cm³/mol. The number of nitrogens with one attached hydrogen (secondary N) is 1. The summed E-state index contributed by atoms with van der Waals surface area (Å²) < 4.78 is 0. The van der Waals surface area contributed by atoms with Gasteiger partial charge in [-0.25, -0.2) is 5.01 Å². The van der Waals surface area contributed by atoms with Crippen molar-refractivity contribution in [1.29, 1.82) is 0 Å². The van der Waals surface area contributed by atoms with Crippen LogP contribution in [0, 0.1) is 5.92 Å². The molecule has 1 unspecified atom stereocenters. The van der Waals surface area contributed by atoms with Crippen LogP contribution >= 0.6 is 11.6 Å². The molecule has 0 saturated heterocycles. The van der Waals surface area contributed by atoms with E-state index in [2.05, 4.69) is 5.32 Å². The average molecular weight is 487 g/mol. The van der Waals surface area contributed by atoms with Crippen LogP contribution in [0.4, 0.5) is 17.1 Å². The van der Waals surface area contributed by atoms with Crippen molar-refractivity contribution in [3.8, 4) is 0 Å². The summed E-state index contributed by atoms with van der Waals surface area (Å²) in [5.74, 6) is -0.00831. The lowest BCUT2D eigenvalue weighted by molar-refractivity contribution is -0.119. The first kappa shape index (κ1) is 24.2. The van der Waals surface area contributed by atoms with E-state index < -0.39 is 6.17 Å². The third-order valence-corrected chi connectivity index (χ3v) is 5.80. The van der Waals surface area contributed by atoms with E-state index in [4.69, 9.17) is 16.7 Å². The van der Waals surface area contributed by atoms with Crippen LogP contribution < -0.4 is 15.2 Å². The molecule has 0 fully saturated rings. The molecule has 4 rings (SSSR count). The van der Waals surface area contributed by atoms with Crippen molar-refractivity contribution < 1.29 is 9.59 Å². The number of carbonyl (C=O) groups excluding carboxylic acids is 2. The average Bonchev–Trinajstić information content (AvgIpc) is 3.24. The molecule has 1 heterocycles. The quantitative estimate of drug-likeness (QED) is 0.431. The fourth-order valence-electron chi connectivity index (χ4n) is 3.68. The second-order valence-corrected chi connectivity index (χ2v) is 8.98. The molecule has 0 aromatic heterocycles. The van der Waals surface area contributed by atoms with E-state index in [0.29, 0.717) is 16.5 Å². The molecule has 35 heavy (non-hydrogen) atoms. The first-order chi connectivity index (χ1) is 16.8. The lowest BCUT2D eigenvalue weighted by Crippen LogP contribution is -2.43. The minimum atomic E-state index is -0.397. The van der Waals surface area contributed by atoms with Gasteiger partial charge in [-0.3, -0.25) is 14.5 Å². The number of hydrogen-bond acceptors (Lipinski definition) is 5. The molecule has 1 aliphatic rings. The van der Waals surface area contributed by atoms with Gasteiger partial charge in [0.25, 0.3) is 0 Å². The number of Topliss-reactive ketones (excluding diaryl/α,β-unsaturated/α-hetero) is 1. The van der Waals surface area contributed by atoms with Gasteiger partial charge in [0.2, 0.25) is 5.91 Å². The monoisotopic (exact) mass is 486 g/mol. The molecule has 3 aromatic rings. The molecule has 0 radical (unpaired) electrons. The highest BCUT2D eigenvalue weighted by atomic mass is 35.5. The Morgan fingerprint density at radius 3 is 2.17 bits per heavy atom. The Morgan fingerprint density at radius 2 is 1.57 bits per heavy atom. The van der Waals surface area contributed by atoms with Gasteiger partial charge in [-0.1, -0.05) is 61.9 Å². The molecular formula is C28H27ClN4O2. The van der Waals surface area contributed by atoms with Gasteiger partial charge in [0, 0.05) is 29.2 Å². The summed E-state index contributed by atoms with van der Waals surface area (Å²) in [6.07, 6.45) is 3.63. The van der Waals surface area contributed by atoms with E-state index in [0.717, 1.165) is 16.9 Å².